The van der Waals surface area contributed by atoms with Crippen LogP contribution in [0.2, 0.25) is 0 Å². The van der Waals surface area contributed by atoms with Crippen molar-refractivity contribution in [3.05, 3.63) is 35.9 Å². The number of hydrogen-bond acceptors (Lipinski definition) is 6. The minimum atomic E-state index is -5.08. The van der Waals surface area contributed by atoms with E-state index in [0.717, 1.165) is 5.56 Å². The van der Waals surface area contributed by atoms with Gasteiger partial charge in [0.25, 0.3) is 0 Å². The van der Waals surface area contributed by atoms with E-state index in [1.54, 1.807) is 0 Å². The van der Waals surface area contributed by atoms with Gasteiger partial charge in [0.05, 0.1) is 14.2 Å². The first kappa shape index (κ1) is 27.3. The molecule has 0 aliphatic heterocycles. The number of alkyl halides is 6. The zero-order valence-corrected chi connectivity index (χ0v) is 14.2. The highest BCUT2D eigenvalue weighted by molar-refractivity contribution is 5.77. The van der Waals surface area contributed by atoms with Crippen LogP contribution in [0.5, 0.6) is 0 Å². The van der Waals surface area contributed by atoms with E-state index in [1.807, 2.05) is 30.3 Å². The zero-order chi connectivity index (χ0) is 22.5. The van der Waals surface area contributed by atoms with Gasteiger partial charge in [-0.2, -0.15) is 31.8 Å². The van der Waals surface area contributed by atoms with Crippen LogP contribution in [0, 0.1) is 0 Å². The van der Waals surface area contributed by atoms with Crippen molar-refractivity contribution in [2.45, 2.75) is 18.4 Å². The average molecular weight is 423 g/mol. The number of rotatable bonds is 4. The number of ether oxygens (including phenoxy) is 1. The van der Waals surface area contributed by atoms with E-state index >= 15 is 0 Å². The molecule has 1 atom stereocenters. The molecule has 1 unspecified atom stereocenters. The Morgan fingerprint density at radius 3 is 1.50 bits per heavy atom. The summed E-state index contributed by atoms with van der Waals surface area (Å²) >= 11 is 0. The second kappa shape index (κ2) is 12.5. The van der Waals surface area contributed by atoms with Gasteiger partial charge in [-0.05, 0) is 5.56 Å². The van der Waals surface area contributed by atoms with Crippen molar-refractivity contribution in [1.82, 2.24) is 5.48 Å². The van der Waals surface area contributed by atoms with Gasteiger partial charge in [0.2, 0.25) is 0 Å². The smallest absolute Gasteiger partial charge is 0.475 e. The summed E-state index contributed by atoms with van der Waals surface area (Å²) in [6.07, 6.45) is -10.2. The first-order valence-corrected chi connectivity index (χ1v) is 6.69. The molecule has 1 rings (SSSR count). The van der Waals surface area contributed by atoms with E-state index in [0.29, 0.717) is 0 Å². The number of carboxylic acids is 2. The Labute approximate surface area is 153 Å². The van der Waals surface area contributed by atoms with Gasteiger partial charge in [0, 0.05) is 0 Å². The Bertz CT molecular complexity index is 595. The Morgan fingerprint density at radius 2 is 1.25 bits per heavy atom. The standard InChI is InChI=1S/C10H13NO3.2C2HF3O2/c1-13-10(12)9(11-14-2)8-6-4-3-5-7-8;2*3-2(4,5)1(6)7/h3-7,9,11H,1-2H3;2*(H,6,7). The molecule has 1 aromatic carbocycles. The summed E-state index contributed by atoms with van der Waals surface area (Å²) in [6.45, 7) is 0. The molecular formula is C14H15F6NO7. The van der Waals surface area contributed by atoms with Crippen molar-refractivity contribution in [2.24, 2.45) is 0 Å². The number of benzene rings is 1. The van der Waals surface area contributed by atoms with Crippen LogP contribution in [-0.4, -0.2) is 54.7 Å². The third-order valence-electron chi connectivity index (χ3n) is 2.29. The first-order valence-electron chi connectivity index (χ1n) is 6.69. The van der Waals surface area contributed by atoms with Crippen molar-refractivity contribution in [3.8, 4) is 0 Å². The summed E-state index contributed by atoms with van der Waals surface area (Å²) in [7, 11) is 2.80. The molecule has 0 bridgehead atoms. The zero-order valence-electron chi connectivity index (χ0n) is 14.2. The lowest BCUT2D eigenvalue weighted by Gasteiger charge is -2.14. The van der Waals surface area contributed by atoms with Gasteiger partial charge in [-0.3, -0.25) is 0 Å². The minimum Gasteiger partial charge on any atom is -0.475 e. The molecule has 0 radical (unpaired) electrons. The van der Waals surface area contributed by atoms with Gasteiger partial charge in [-0.25, -0.2) is 14.4 Å². The SMILES string of the molecule is CONC(C(=O)OC)c1ccccc1.O=C(O)C(F)(F)F.O=C(O)C(F)(F)F. The minimum absolute atomic E-state index is 0.377. The number of hydrogen-bond donors (Lipinski definition) is 3. The Kier molecular flexibility index (Phi) is 12.2. The van der Waals surface area contributed by atoms with Crippen molar-refractivity contribution in [1.29, 1.82) is 0 Å². The molecule has 0 spiro atoms. The highest BCUT2D eigenvalue weighted by Crippen LogP contribution is 2.14. The molecule has 0 heterocycles. The molecule has 1 aromatic rings. The molecule has 160 valence electrons. The first-order chi connectivity index (χ1) is 12.7. The highest BCUT2D eigenvalue weighted by atomic mass is 19.4. The molecule has 14 heteroatoms. The van der Waals surface area contributed by atoms with Crippen LogP contribution in [0.3, 0.4) is 0 Å². The van der Waals surface area contributed by atoms with E-state index in [9.17, 15) is 31.1 Å². The van der Waals surface area contributed by atoms with Gasteiger partial charge in [0.15, 0.2) is 6.04 Å². The van der Waals surface area contributed by atoms with Crippen LogP contribution < -0.4 is 5.48 Å². The van der Waals surface area contributed by atoms with Crippen LogP contribution >= 0.6 is 0 Å². The maximum atomic E-state index is 11.3. The summed E-state index contributed by atoms with van der Waals surface area (Å²) in [6, 6.07) is 8.66. The fourth-order valence-corrected chi connectivity index (χ4v) is 1.13. The van der Waals surface area contributed by atoms with Crippen molar-refractivity contribution in [3.63, 3.8) is 0 Å². The number of methoxy groups -OCH3 is 1. The predicted molar refractivity (Wildman–Crippen MR) is 78.7 cm³/mol. The number of carbonyl (C=O) groups is 3. The second-order valence-electron chi connectivity index (χ2n) is 4.29. The number of aliphatic carboxylic acids is 2. The summed E-state index contributed by atoms with van der Waals surface area (Å²) in [5.41, 5.74) is 3.38. The Balaban J connectivity index is 0. The lowest BCUT2D eigenvalue weighted by Crippen LogP contribution is -2.28. The van der Waals surface area contributed by atoms with Gasteiger partial charge in [-0.15, -0.1) is 0 Å². The Morgan fingerprint density at radius 1 is 0.893 bits per heavy atom. The van der Waals surface area contributed by atoms with Crippen molar-refractivity contribution in [2.75, 3.05) is 14.2 Å². The molecule has 0 saturated heterocycles. The summed E-state index contributed by atoms with van der Waals surface area (Å²) in [4.78, 5) is 33.9. The van der Waals surface area contributed by atoms with Gasteiger partial charge >= 0.3 is 30.3 Å². The number of hydroxylamine groups is 1. The van der Waals surface area contributed by atoms with Crippen LogP contribution in [0.1, 0.15) is 11.6 Å². The van der Waals surface area contributed by atoms with E-state index < -0.39 is 30.3 Å². The molecule has 0 aliphatic rings. The highest BCUT2D eigenvalue weighted by Gasteiger charge is 2.38. The lowest BCUT2D eigenvalue weighted by atomic mass is 10.1. The van der Waals surface area contributed by atoms with E-state index in [1.165, 1.54) is 14.2 Å². The number of nitrogens with one attached hydrogen (secondary N) is 1. The fourth-order valence-electron chi connectivity index (χ4n) is 1.13. The van der Waals surface area contributed by atoms with Gasteiger partial charge < -0.3 is 19.8 Å². The monoisotopic (exact) mass is 423 g/mol. The number of halogens is 6. The number of carboxylic acid groups (broad SMARTS) is 2. The van der Waals surface area contributed by atoms with Crippen LogP contribution in [0.25, 0.3) is 0 Å². The lowest BCUT2D eigenvalue weighted by molar-refractivity contribution is -0.193. The van der Waals surface area contributed by atoms with E-state index in [4.69, 9.17) is 24.6 Å². The summed E-state index contributed by atoms with van der Waals surface area (Å²) in [5, 5.41) is 14.2. The van der Waals surface area contributed by atoms with E-state index in [-0.39, 0.29) is 5.97 Å². The average Bonchev–Trinajstić information content (AvgIpc) is 2.59. The predicted octanol–water partition coefficient (Wildman–Crippen LogP) is 2.32. The topological polar surface area (TPSA) is 122 Å². The molecule has 0 amide bonds. The van der Waals surface area contributed by atoms with Gasteiger partial charge in [0.1, 0.15) is 0 Å². The maximum absolute atomic E-state index is 11.3. The molecular weight excluding hydrogens is 408 g/mol. The molecule has 8 nitrogen and oxygen atoms in total. The molecule has 0 fully saturated rings. The molecule has 3 N–H and O–H groups in total. The maximum Gasteiger partial charge on any atom is 0.490 e. The normalized spacial score (nSPS) is 11.7. The fraction of sp³-hybridized carbons (Fsp3) is 0.357. The van der Waals surface area contributed by atoms with Crippen molar-refractivity contribution < 1.29 is 60.5 Å². The Hall–Kier alpha value is -2.87. The quantitative estimate of drug-likeness (QED) is 0.383. The summed E-state index contributed by atoms with van der Waals surface area (Å²) in [5.74, 6) is -5.89. The molecule has 0 aliphatic carbocycles. The van der Waals surface area contributed by atoms with E-state index in [2.05, 4.69) is 10.2 Å². The third kappa shape index (κ3) is 12.5. The summed E-state index contributed by atoms with van der Waals surface area (Å²) < 4.78 is 68.1. The van der Waals surface area contributed by atoms with Crippen molar-refractivity contribution >= 4 is 17.9 Å². The van der Waals surface area contributed by atoms with Crippen LogP contribution in [-0.2, 0) is 24.0 Å². The molecule has 0 saturated carbocycles. The van der Waals surface area contributed by atoms with Gasteiger partial charge in [-0.1, -0.05) is 30.3 Å². The second-order valence-corrected chi connectivity index (χ2v) is 4.29. The number of esters is 1. The number of carbonyl (C=O) groups excluding carboxylic acids is 1. The largest absolute Gasteiger partial charge is 0.490 e. The van der Waals surface area contributed by atoms with Crippen LogP contribution in [0.15, 0.2) is 30.3 Å². The van der Waals surface area contributed by atoms with Crippen LogP contribution in [0.4, 0.5) is 26.3 Å². The molecule has 28 heavy (non-hydrogen) atoms. The molecule has 0 aromatic heterocycles. The third-order valence-corrected chi connectivity index (χ3v) is 2.29.